The Balaban J connectivity index is 1.55. The number of pyridine rings is 1. The van der Waals surface area contributed by atoms with Gasteiger partial charge in [0.15, 0.2) is 0 Å². The molecule has 4 atom stereocenters. The summed E-state index contributed by atoms with van der Waals surface area (Å²) in [7, 11) is 0. The lowest BCUT2D eigenvalue weighted by molar-refractivity contribution is -0.130. The van der Waals surface area contributed by atoms with Gasteiger partial charge >= 0.3 is 0 Å². The van der Waals surface area contributed by atoms with E-state index in [-0.39, 0.29) is 30.0 Å². The highest BCUT2D eigenvalue weighted by molar-refractivity contribution is 5.80. The van der Waals surface area contributed by atoms with Crippen LogP contribution in [0.15, 0.2) is 24.4 Å². The van der Waals surface area contributed by atoms with Gasteiger partial charge in [0.25, 0.3) is 0 Å². The third-order valence-corrected chi connectivity index (χ3v) is 4.66. The van der Waals surface area contributed by atoms with E-state index in [0.29, 0.717) is 26.4 Å². The molecule has 2 saturated heterocycles. The number of hydrazine groups is 1. The summed E-state index contributed by atoms with van der Waals surface area (Å²) in [6, 6.07) is 5.82. The summed E-state index contributed by atoms with van der Waals surface area (Å²) >= 11 is 0. The summed E-state index contributed by atoms with van der Waals surface area (Å²) in [6.07, 6.45) is 3.39. The minimum absolute atomic E-state index is 0.0490. The first-order valence-electron chi connectivity index (χ1n) is 8.66. The van der Waals surface area contributed by atoms with Crippen molar-refractivity contribution in [3.8, 4) is 0 Å². The summed E-state index contributed by atoms with van der Waals surface area (Å²) in [5.74, 6) is -0.00495. The topological polar surface area (TPSA) is 84.5 Å². The maximum Gasteiger partial charge on any atom is 0.226 e. The van der Waals surface area contributed by atoms with Crippen molar-refractivity contribution in [1.29, 1.82) is 0 Å². The number of nitrogens with one attached hydrogen (secondary N) is 3. The molecule has 0 bridgehead atoms. The lowest BCUT2D eigenvalue weighted by Crippen LogP contribution is -2.53. The zero-order valence-electron chi connectivity index (χ0n) is 14.0. The molecule has 132 valence electrons. The molecule has 3 rings (SSSR count). The van der Waals surface area contributed by atoms with Crippen molar-refractivity contribution in [3.05, 3.63) is 30.1 Å². The standard InChI is InChI=1S/C17H26N4O3/c1-2-14-13(9-19-21-14)17(22)20-15-11-23-8-6-16(15)24-10-12-5-3-4-7-18-12/h3-5,7,13-16,19,21H,2,6,8-11H2,1H3,(H,20,22)/t13?,14?,15-,16-/m1/s1. The molecule has 0 aliphatic carbocycles. The van der Waals surface area contributed by atoms with Gasteiger partial charge in [-0.2, -0.15) is 0 Å². The van der Waals surface area contributed by atoms with E-state index in [2.05, 4.69) is 28.1 Å². The molecule has 7 nitrogen and oxygen atoms in total. The van der Waals surface area contributed by atoms with Gasteiger partial charge < -0.3 is 14.8 Å². The van der Waals surface area contributed by atoms with Crippen LogP contribution in [-0.2, 0) is 20.9 Å². The van der Waals surface area contributed by atoms with Crippen molar-refractivity contribution in [3.63, 3.8) is 0 Å². The summed E-state index contributed by atoms with van der Waals surface area (Å²) in [5.41, 5.74) is 7.11. The van der Waals surface area contributed by atoms with Gasteiger partial charge in [-0.1, -0.05) is 13.0 Å². The fourth-order valence-corrected chi connectivity index (χ4v) is 3.22. The van der Waals surface area contributed by atoms with E-state index in [1.165, 1.54) is 0 Å². The smallest absolute Gasteiger partial charge is 0.226 e. The molecule has 0 spiro atoms. The van der Waals surface area contributed by atoms with E-state index in [9.17, 15) is 4.79 Å². The second-order valence-corrected chi connectivity index (χ2v) is 6.30. The average molecular weight is 334 g/mol. The average Bonchev–Trinajstić information content (AvgIpc) is 3.11. The van der Waals surface area contributed by atoms with Crippen LogP contribution in [0, 0.1) is 5.92 Å². The lowest BCUT2D eigenvalue weighted by Gasteiger charge is -2.33. The maximum absolute atomic E-state index is 12.6. The minimum Gasteiger partial charge on any atom is -0.379 e. The molecule has 1 aromatic rings. The summed E-state index contributed by atoms with van der Waals surface area (Å²) in [6.45, 7) is 4.32. The molecule has 2 aliphatic rings. The molecular formula is C17H26N4O3. The number of hydrogen-bond acceptors (Lipinski definition) is 6. The van der Waals surface area contributed by atoms with Gasteiger partial charge in [-0.05, 0) is 25.0 Å². The van der Waals surface area contributed by atoms with E-state index >= 15 is 0 Å². The Bertz CT molecular complexity index is 528. The Labute approximate surface area is 142 Å². The second-order valence-electron chi connectivity index (χ2n) is 6.30. The van der Waals surface area contributed by atoms with Gasteiger partial charge in [0.2, 0.25) is 5.91 Å². The number of ether oxygens (including phenoxy) is 2. The van der Waals surface area contributed by atoms with E-state index in [1.807, 2.05) is 18.2 Å². The molecule has 2 fully saturated rings. The van der Waals surface area contributed by atoms with E-state index in [1.54, 1.807) is 6.20 Å². The van der Waals surface area contributed by atoms with Crippen LogP contribution < -0.4 is 16.2 Å². The third kappa shape index (κ3) is 4.30. The lowest BCUT2D eigenvalue weighted by atomic mass is 9.97. The van der Waals surface area contributed by atoms with Crippen LogP contribution in [0.4, 0.5) is 0 Å². The predicted octanol–water partition coefficient (Wildman–Crippen LogP) is 0.375. The third-order valence-electron chi connectivity index (χ3n) is 4.66. The highest BCUT2D eigenvalue weighted by atomic mass is 16.5. The number of nitrogens with zero attached hydrogens (tertiary/aromatic N) is 1. The summed E-state index contributed by atoms with van der Waals surface area (Å²) < 4.78 is 11.5. The molecule has 3 N–H and O–H groups in total. The number of aromatic nitrogens is 1. The molecule has 1 amide bonds. The van der Waals surface area contributed by atoms with Gasteiger partial charge in [0, 0.05) is 25.4 Å². The first kappa shape index (κ1) is 17.3. The first-order chi connectivity index (χ1) is 11.8. The second kappa shape index (κ2) is 8.53. The van der Waals surface area contributed by atoms with E-state index in [4.69, 9.17) is 9.47 Å². The van der Waals surface area contributed by atoms with Crippen LogP contribution in [0.25, 0.3) is 0 Å². The predicted molar refractivity (Wildman–Crippen MR) is 88.9 cm³/mol. The number of hydrogen-bond donors (Lipinski definition) is 3. The Morgan fingerprint density at radius 1 is 1.50 bits per heavy atom. The monoisotopic (exact) mass is 334 g/mol. The Hall–Kier alpha value is -1.54. The molecular weight excluding hydrogens is 308 g/mol. The normalized spacial score (nSPS) is 30.2. The molecule has 0 radical (unpaired) electrons. The van der Waals surface area contributed by atoms with Gasteiger partial charge in [0.05, 0.1) is 37.0 Å². The fraction of sp³-hybridized carbons (Fsp3) is 0.647. The number of rotatable bonds is 6. The van der Waals surface area contributed by atoms with Crippen molar-refractivity contribution < 1.29 is 14.3 Å². The van der Waals surface area contributed by atoms with Crippen LogP contribution in [0.5, 0.6) is 0 Å². The zero-order valence-corrected chi connectivity index (χ0v) is 14.0. The van der Waals surface area contributed by atoms with Gasteiger partial charge in [-0.15, -0.1) is 0 Å². The molecule has 7 heteroatoms. The summed E-state index contributed by atoms with van der Waals surface area (Å²) in [4.78, 5) is 16.9. The van der Waals surface area contributed by atoms with Gasteiger partial charge in [-0.25, -0.2) is 0 Å². The van der Waals surface area contributed by atoms with E-state index in [0.717, 1.165) is 18.5 Å². The maximum atomic E-state index is 12.6. The molecule has 2 unspecified atom stereocenters. The minimum atomic E-state index is -0.118. The Kier molecular flexibility index (Phi) is 6.14. The highest BCUT2D eigenvalue weighted by Gasteiger charge is 2.35. The molecule has 0 saturated carbocycles. The van der Waals surface area contributed by atoms with E-state index < -0.39 is 0 Å². The summed E-state index contributed by atoms with van der Waals surface area (Å²) in [5, 5.41) is 3.12. The van der Waals surface area contributed by atoms with Crippen LogP contribution in [0.1, 0.15) is 25.5 Å². The Morgan fingerprint density at radius 3 is 3.21 bits per heavy atom. The molecule has 0 aromatic carbocycles. The number of carbonyl (C=O) groups is 1. The van der Waals surface area contributed by atoms with Crippen molar-refractivity contribution >= 4 is 5.91 Å². The number of carbonyl (C=O) groups excluding carboxylic acids is 1. The van der Waals surface area contributed by atoms with Crippen molar-refractivity contribution in [2.24, 2.45) is 5.92 Å². The number of amides is 1. The van der Waals surface area contributed by atoms with Gasteiger partial charge in [0.1, 0.15) is 0 Å². The first-order valence-corrected chi connectivity index (χ1v) is 8.66. The van der Waals surface area contributed by atoms with Crippen LogP contribution in [-0.4, -0.2) is 48.8 Å². The van der Waals surface area contributed by atoms with Crippen LogP contribution >= 0.6 is 0 Å². The van der Waals surface area contributed by atoms with Crippen LogP contribution in [0.3, 0.4) is 0 Å². The zero-order chi connectivity index (χ0) is 16.8. The van der Waals surface area contributed by atoms with Gasteiger partial charge in [-0.3, -0.25) is 20.6 Å². The largest absolute Gasteiger partial charge is 0.379 e. The molecule has 24 heavy (non-hydrogen) atoms. The SMILES string of the molecule is CCC1NNCC1C(=O)N[C@@H]1COCC[C@H]1OCc1ccccn1. The molecule has 1 aromatic heterocycles. The highest BCUT2D eigenvalue weighted by Crippen LogP contribution is 2.16. The Morgan fingerprint density at radius 2 is 2.42 bits per heavy atom. The molecule has 2 aliphatic heterocycles. The molecule has 3 heterocycles. The van der Waals surface area contributed by atoms with Crippen LogP contribution in [0.2, 0.25) is 0 Å². The van der Waals surface area contributed by atoms with Crippen molar-refractivity contribution in [2.75, 3.05) is 19.8 Å². The van der Waals surface area contributed by atoms with Crippen molar-refractivity contribution in [1.82, 2.24) is 21.2 Å². The fourth-order valence-electron chi connectivity index (χ4n) is 3.22. The quantitative estimate of drug-likeness (QED) is 0.697. The van der Waals surface area contributed by atoms with Crippen molar-refractivity contribution in [2.45, 2.75) is 44.6 Å².